The standard InChI is InChI=1S/C12H24F3NO/c1-4-10(3)8-11(5-2)16-6-7-17-9-12(13,14)15/h10-11,16H,4-9H2,1-3H3. The molecule has 0 aliphatic heterocycles. The van der Waals surface area contributed by atoms with E-state index in [1.54, 1.807) is 0 Å². The molecule has 0 saturated carbocycles. The lowest BCUT2D eigenvalue weighted by molar-refractivity contribution is -0.173. The number of hydrogen-bond donors (Lipinski definition) is 1. The quantitative estimate of drug-likeness (QED) is 0.638. The predicted molar refractivity (Wildman–Crippen MR) is 63.0 cm³/mol. The molecule has 0 aromatic heterocycles. The normalized spacial score (nSPS) is 15.9. The van der Waals surface area contributed by atoms with Crippen molar-refractivity contribution >= 4 is 0 Å². The van der Waals surface area contributed by atoms with Gasteiger partial charge in [-0.15, -0.1) is 0 Å². The van der Waals surface area contributed by atoms with Crippen LogP contribution < -0.4 is 5.32 Å². The number of halogens is 3. The predicted octanol–water partition coefficient (Wildman–Crippen LogP) is 3.37. The third-order valence-corrected chi connectivity index (χ3v) is 2.82. The van der Waals surface area contributed by atoms with Gasteiger partial charge in [0.05, 0.1) is 6.61 Å². The first-order valence-corrected chi connectivity index (χ1v) is 6.26. The van der Waals surface area contributed by atoms with E-state index in [1.807, 2.05) is 0 Å². The second-order valence-corrected chi connectivity index (χ2v) is 4.48. The lowest BCUT2D eigenvalue weighted by Crippen LogP contribution is -2.33. The molecule has 0 amide bonds. The topological polar surface area (TPSA) is 21.3 Å². The van der Waals surface area contributed by atoms with Gasteiger partial charge in [-0.1, -0.05) is 27.2 Å². The number of rotatable bonds is 9. The molecule has 0 aromatic rings. The monoisotopic (exact) mass is 255 g/mol. The lowest BCUT2D eigenvalue weighted by Gasteiger charge is -2.20. The van der Waals surface area contributed by atoms with Gasteiger partial charge in [0.1, 0.15) is 6.61 Å². The Labute approximate surface area is 102 Å². The van der Waals surface area contributed by atoms with Gasteiger partial charge in [0.15, 0.2) is 0 Å². The van der Waals surface area contributed by atoms with Crippen LogP contribution in [0.15, 0.2) is 0 Å². The SMILES string of the molecule is CCC(C)CC(CC)NCCOCC(F)(F)F. The van der Waals surface area contributed by atoms with E-state index in [0.29, 0.717) is 18.5 Å². The summed E-state index contributed by atoms with van der Waals surface area (Å²) in [4.78, 5) is 0. The minimum absolute atomic E-state index is 0.108. The molecular weight excluding hydrogens is 231 g/mol. The van der Waals surface area contributed by atoms with Crippen molar-refractivity contribution in [3.63, 3.8) is 0 Å². The van der Waals surface area contributed by atoms with Crippen LogP contribution in [0.3, 0.4) is 0 Å². The highest BCUT2D eigenvalue weighted by Crippen LogP contribution is 2.14. The Balaban J connectivity index is 3.57. The molecule has 104 valence electrons. The molecule has 1 N–H and O–H groups in total. The Morgan fingerprint density at radius 3 is 2.29 bits per heavy atom. The highest BCUT2D eigenvalue weighted by atomic mass is 19.4. The molecule has 0 heterocycles. The van der Waals surface area contributed by atoms with Gasteiger partial charge >= 0.3 is 6.18 Å². The zero-order valence-corrected chi connectivity index (χ0v) is 10.9. The van der Waals surface area contributed by atoms with Crippen LogP contribution in [0.1, 0.15) is 40.0 Å². The van der Waals surface area contributed by atoms with Crippen molar-refractivity contribution in [2.45, 2.75) is 52.3 Å². The summed E-state index contributed by atoms with van der Waals surface area (Å²) in [5, 5.41) is 3.23. The Kier molecular flexibility index (Phi) is 8.60. The molecule has 0 rings (SSSR count). The van der Waals surface area contributed by atoms with Crippen molar-refractivity contribution in [2.75, 3.05) is 19.8 Å². The number of ether oxygens (including phenoxy) is 1. The third kappa shape index (κ3) is 10.6. The first-order valence-electron chi connectivity index (χ1n) is 6.26. The zero-order chi connectivity index (χ0) is 13.3. The van der Waals surface area contributed by atoms with Gasteiger partial charge in [0.25, 0.3) is 0 Å². The Morgan fingerprint density at radius 2 is 1.82 bits per heavy atom. The molecular formula is C12H24F3NO. The lowest BCUT2D eigenvalue weighted by atomic mass is 9.98. The molecule has 0 radical (unpaired) electrons. The van der Waals surface area contributed by atoms with E-state index in [2.05, 4.69) is 30.8 Å². The number of nitrogens with one attached hydrogen (secondary N) is 1. The van der Waals surface area contributed by atoms with Crippen molar-refractivity contribution in [1.29, 1.82) is 0 Å². The van der Waals surface area contributed by atoms with Gasteiger partial charge in [0.2, 0.25) is 0 Å². The summed E-state index contributed by atoms with van der Waals surface area (Å²) >= 11 is 0. The van der Waals surface area contributed by atoms with Crippen molar-refractivity contribution in [1.82, 2.24) is 5.32 Å². The van der Waals surface area contributed by atoms with Crippen LogP contribution in [0.5, 0.6) is 0 Å². The van der Waals surface area contributed by atoms with Gasteiger partial charge < -0.3 is 10.1 Å². The molecule has 2 unspecified atom stereocenters. The largest absolute Gasteiger partial charge is 0.411 e. The summed E-state index contributed by atoms with van der Waals surface area (Å²) in [6.07, 6.45) is -1.04. The van der Waals surface area contributed by atoms with Crippen LogP contribution in [-0.2, 0) is 4.74 Å². The van der Waals surface area contributed by atoms with E-state index in [9.17, 15) is 13.2 Å². The maximum atomic E-state index is 11.8. The molecule has 2 atom stereocenters. The molecule has 0 aromatic carbocycles. The van der Waals surface area contributed by atoms with E-state index in [1.165, 1.54) is 0 Å². The van der Waals surface area contributed by atoms with Crippen molar-refractivity contribution in [3.8, 4) is 0 Å². The zero-order valence-electron chi connectivity index (χ0n) is 10.9. The van der Waals surface area contributed by atoms with E-state index in [4.69, 9.17) is 0 Å². The molecule has 2 nitrogen and oxygen atoms in total. The molecule has 0 fully saturated rings. The first-order chi connectivity index (χ1) is 7.89. The second-order valence-electron chi connectivity index (χ2n) is 4.48. The maximum Gasteiger partial charge on any atom is 0.411 e. The average molecular weight is 255 g/mol. The Hall–Kier alpha value is -0.290. The van der Waals surface area contributed by atoms with E-state index < -0.39 is 12.8 Å². The molecule has 0 spiro atoms. The van der Waals surface area contributed by atoms with Crippen LogP contribution in [0, 0.1) is 5.92 Å². The fourth-order valence-electron chi connectivity index (χ4n) is 1.57. The van der Waals surface area contributed by atoms with Gasteiger partial charge in [-0.25, -0.2) is 0 Å². The van der Waals surface area contributed by atoms with Gasteiger partial charge in [-0.3, -0.25) is 0 Å². The third-order valence-electron chi connectivity index (χ3n) is 2.82. The minimum atomic E-state index is -4.22. The fourth-order valence-corrected chi connectivity index (χ4v) is 1.57. The van der Waals surface area contributed by atoms with Gasteiger partial charge in [-0.2, -0.15) is 13.2 Å². The highest BCUT2D eigenvalue weighted by molar-refractivity contribution is 4.67. The number of alkyl halides is 3. The molecule has 0 bridgehead atoms. The van der Waals surface area contributed by atoms with Crippen LogP contribution in [0.2, 0.25) is 0 Å². The highest BCUT2D eigenvalue weighted by Gasteiger charge is 2.27. The summed E-state index contributed by atoms with van der Waals surface area (Å²) in [7, 11) is 0. The smallest absolute Gasteiger partial charge is 0.371 e. The minimum Gasteiger partial charge on any atom is -0.371 e. The van der Waals surface area contributed by atoms with Crippen LogP contribution in [0.25, 0.3) is 0 Å². The van der Waals surface area contributed by atoms with Crippen LogP contribution in [0.4, 0.5) is 13.2 Å². The molecule has 17 heavy (non-hydrogen) atoms. The average Bonchev–Trinajstić information content (AvgIpc) is 2.25. The van der Waals surface area contributed by atoms with Crippen LogP contribution >= 0.6 is 0 Å². The summed E-state index contributed by atoms with van der Waals surface area (Å²) in [5.74, 6) is 0.642. The van der Waals surface area contributed by atoms with E-state index in [0.717, 1.165) is 19.3 Å². The summed E-state index contributed by atoms with van der Waals surface area (Å²) in [5.41, 5.74) is 0. The summed E-state index contributed by atoms with van der Waals surface area (Å²) in [6, 6.07) is 0.374. The Bertz CT molecular complexity index is 185. The van der Waals surface area contributed by atoms with Crippen molar-refractivity contribution < 1.29 is 17.9 Å². The van der Waals surface area contributed by atoms with E-state index >= 15 is 0 Å². The molecule has 5 heteroatoms. The van der Waals surface area contributed by atoms with Crippen molar-refractivity contribution in [2.24, 2.45) is 5.92 Å². The Morgan fingerprint density at radius 1 is 1.18 bits per heavy atom. The van der Waals surface area contributed by atoms with Gasteiger partial charge in [0, 0.05) is 12.6 Å². The second kappa shape index (κ2) is 8.75. The van der Waals surface area contributed by atoms with Gasteiger partial charge in [-0.05, 0) is 18.8 Å². The molecule has 0 aliphatic rings. The first kappa shape index (κ1) is 16.7. The summed E-state index contributed by atoms with van der Waals surface area (Å²) in [6.45, 7) is 5.84. The fraction of sp³-hybridized carbons (Fsp3) is 1.00. The van der Waals surface area contributed by atoms with Crippen LogP contribution in [-0.4, -0.2) is 32.0 Å². The van der Waals surface area contributed by atoms with Crippen molar-refractivity contribution in [3.05, 3.63) is 0 Å². The van der Waals surface area contributed by atoms with E-state index in [-0.39, 0.29) is 6.61 Å². The summed E-state index contributed by atoms with van der Waals surface area (Å²) < 4.78 is 39.9. The molecule has 0 aliphatic carbocycles. The number of hydrogen-bond acceptors (Lipinski definition) is 2. The molecule has 0 saturated heterocycles. The maximum absolute atomic E-state index is 11.8.